The Hall–Kier alpha value is -2.77. The molecule has 7 heteroatoms. The number of hydrazone groups is 1. The van der Waals surface area contributed by atoms with Crippen molar-refractivity contribution in [1.82, 2.24) is 10.4 Å². The van der Waals surface area contributed by atoms with Crippen molar-refractivity contribution in [3.05, 3.63) is 59.4 Å². The monoisotopic (exact) mass is 369 g/mol. The van der Waals surface area contributed by atoms with Gasteiger partial charge in [-0.1, -0.05) is 0 Å². The smallest absolute Gasteiger partial charge is 0.271 e. The first-order valence-corrected chi connectivity index (χ1v) is 9.00. The third-order valence-electron chi connectivity index (χ3n) is 4.61. The molecule has 0 saturated carbocycles. The van der Waals surface area contributed by atoms with E-state index < -0.39 is 0 Å². The van der Waals surface area contributed by atoms with Crippen molar-refractivity contribution in [1.29, 1.82) is 0 Å². The molecular weight excluding hydrogens is 344 g/mol. The first-order chi connectivity index (χ1) is 13.2. The molecule has 0 unspecified atom stereocenters. The van der Waals surface area contributed by atoms with E-state index >= 15 is 0 Å². The fraction of sp³-hybridized carbons (Fsp3) is 0.350. The zero-order valence-corrected chi connectivity index (χ0v) is 15.7. The third-order valence-corrected chi connectivity index (χ3v) is 4.61. The van der Waals surface area contributed by atoms with Gasteiger partial charge >= 0.3 is 0 Å². The number of carbonyl (C=O) groups excluding carboxylic acids is 1. The zero-order valence-electron chi connectivity index (χ0n) is 15.7. The lowest BCUT2D eigenvalue weighted by Gasteiger charge is -2.24. The van der Waals surface area contributed by atoms with Crippen LogP contribution in [-0.4, -0.2) is 50.0 Å². The van der Waals surface area contributed by atoms with Crippen LogP contribution in [0.5, 0.6) is 5.75 Å². The summed E-state index contributed by atoms with van der Waals surface area (Å²) in [6.45, 7) is 6.31. The number of amides is 1. The summed E-state index contributed by atoms with van der Waals surface area (Å²) in [5.74, 6) is 0.606. The summed E-state index contributed by atoms with van der Waals surface area (Å²) < 4.78 is 10.9. The number of benzene rings is 1. The summed E-state index contributed by atoms with van der Waals surface area (Å²) >= 11 is 0. The largest absolute Gasteiger partial charge is 0.496 e. The van der Waals surface area contributed by atoms with Crippen molar-refractivity contribution < 1.29 is 19.2 Å². The molecule has 0 radical (unpaired) electrons. The molecule has 1 aliphatic heterocycles. The van der Waals surface area contributed by atoms with E-state index in [9.17, 15) is 4.79 Å². The average Bonchev–Trinajstić information content (AvgIpc) is 2.73. The number of morpholine rings is 1. The molecule has 1 aromatic heterocycles. The lowest BCUT2D eigenvalue weighted by molar-refractivity contribution is -0.921. The van der Waals surface area contributed by atoms with Crippen LogP contribution < -0.4 is 15.1 Å². The number of methoxy groups -OCH3 is 1. The van der Waals surface area contributed by atoms with Gasteiger partial charge in [0.1, 0.15) is 25.4 Å². The van der Waals surface area contributed by atoms with Crippen molar-refractivity contribution in [2.24, 2.45) is 5.10 Å². The average molecular weight is 369 g/mol. The van der Waals surface area contributed by atoms with Crippen LogP contribution in [0.2, 0.25) is 0 Å². The number of quaternary nitrogens is 1. The fourth-order valence-corrected chi connectivity index (χ4v) is 3.01. The first kappa shape index (κ1) is 19.0. The molecule has 1 saturated heterocycles. The summed E-state index contributed by atoms with van der Waals surface area (Å²) in [7, 11) is 1.68. The molecule has 27 heavy (non-hydrogen) atoms. The van der Waals surface area contributed by atoms with Gasteiger partial charge in [0.25, 0.3) is 5.91 Å². The Morgan fingerprint density at radius 3 is 2.67 bits per heavy atom. The minimum atomic E-state index is -0.261. The van der Waals surface area contributed by atoms with Crippen LogP contribution >= 0.6 is 0 Å². The Bertz CT molecular complexity index is 802. The molecule has 2 aromatic rings. The summed E-state index contributed by atoms with van der Waals surface area (Å²) in [4.78, 5) is 17.5. The minimum absolute atomic E-state index is 0.261. The lowest BCUT2D eigenvalue weighted by Crippen LogP contribution is -3.12. The maximum absolute atomic E-state index is 12.1. The number of nitrogens with zero attached hydrogens (tertiary/aromatic N) is 2. The van der Waals surface area contributed by atoms with Crippen LogP contribution in [0.25, 0.3) is 0 Å². The van der Waals surface area contributed by atoms with Crippen LogP contribution in [-0.2, 0) is 11.3 Å². The maximum Gasteiger partial charge on any atom is 0.271 e. The Morgan fingerprint density at radius 2 is 1.96 bits per heavy atom. The number of carbonyl (C=O) groups is 1. The number of rotatable bonds is 6. The molecule has 7 nitrogen and oxygen atoms in total. The number of hydrogen-bond acceptors (Lipinski definition) is 5. The van der Waals surface area contributed by atoms with Crippen LogP contribution in [0.4, 0.5) is 0 Å². The SMILES string of the molecule is COc1ccc(/C(C)=N\NC(=O)c2ccncc2)cc1C[NH+]1CCOCC1. The molecule has 0 bridgehead atoms. The molecule has 1 fully saturated rings. The number of nitrogens with one attached hydrogen (secondary N) is 2. The first-order valence-electron chi connectivity index (χ1n) is 9.00. The van der Waals surface area contributed by atoms with Crippen LogP contribution in [0.1, 0.15) is 28.4 Å². The number of aromatic nitrogens is 1. The highest BCUT2D eigenvalue weighted by molar-refractivity contribution is 6.01. The predicted octanol–water partition coefficient (Wildman–Crippen LogP) is 0.659. The van der Waals surface area contributed by atoms with E-state index in [0.29, 0.717) is 5.56 Å². The molecule has 1 amide bonds. The number of ether oxygens (including phenoxy) is 2. The Labute approximate surface area is 159 Å². The van der Waals surface area contributed by atoms with Gasteiger partial charge in [0, 0.05) is 23.5 Å². The van der Waals surface area contributed by atoms with Gasteiger partial charge in [-0.2, -0.15) is 5.10 Å². The van der Waals surface area contributed by atoms with Gasteiger partial charge in [-0.05, 0) is 42.8 Å². The van der Waals surface area contributed by atoms with Gasteiger partial charge in [0.05, 0.1) is 26.0 Å². The standard InChI is InChI=1S/C20H24N4O3/c1-15(22-23-20(25)16-5-7-21-8-6-16)17-3-4-19(26-2)18(13-17)14-24-9-11-27-12-10-24/h3-8,13H,9-12,14H2,1-2H3,(H,23,25)/p+1/b22-15-. The van der Waals surface area contributed by atoms with E-state index in [2.05, 4.69) is 21.6 Å². The van der Waals surface area contributed by atoms with Gasteiger partial charge in [0.15, 0.2) is 0 Å². The molecule has 2 heterocycles. The lowest BCUT2D eigenvalue weighted by atomic mass is 10.1. The van der Waals surface area contributed by atoms with E-state index in [4.69, 9.17) is 9.47 Å². The second kappa shape index (κ2) is 9.25. The van der Waals surface area contributed by atoms with Gasteiger partial charge in [-0.3, -0.25) is 9.78 Å². The van der Waals surface area contributed by atoms with Crippen LogP contribution in [0, 0.1) is 0 Å². The Balaban J connectivity index is 1.72. The van der Waals surface area contributed by atoms with Crippen LogP contribution in [0.3, 0.4) is 0 Å². The molecule has 0 spiro atoms. The molecule has 0 aliphatic carbocycles. The van der Waals surface area contributed by atoms with E-state index in [1.54, 1.807) is 31.6 Å². The van der Waals surface area contributed by atoms with E-state index in [0.717, 1.165) is 55.4 Å². The highest BCUT2D eigenvalue weighted by Gasteiger charge is 2.17. The summed E-state index contributed by atoms with van der Waals surface area (Å²) in [5, 5.41) is 4.24. The van der Waals surface area contributed by atoms with Gasteiger partial charge in [-0.25, -0.2) is 5.43 Å². The third kappa shape index (κ3) is 5.12. The Morgan fingerprint density at radius 1 is 1.22 bits per heavy atom. The van der Waals surface area contributed by atoms with Crippen molar-refractivity contribution in [2.45, 2.75) is 13.5 Å². The van der Waals surface area contributed by atoms with Crippen molar-refractivity contribution in [3.63, 3.8) is 0 Å². The molecule has 2 N–H and O–H groups in total. The zero-order chi connectivity index (χ0) is 19.1. The molecular formula is C20H25N4O3+. The summed E-state index contributed by atoms with van der Waals surface area (Å²) in [6.07, 6.45) is 3.16. The van der Waals surface area contributed by atoms with E-state index in [1.165, 1.54) is 4.90 Å². The van der Waals surface area contributed by atoms with Gasteiger partial charge < -0.3 is 14.4 Å². The van der Waals surface area contributed by atoms with Crippen LogP contribution in [0.15, 0.2) is 47.8 Å². The molecule has 1 aliphatic rings. The van der Waals surface area contributed by atoms with Crippen molar-refractivity contribution in [2.75, 3.05) is 33.4 Å². The molecule has 142 valence electrons. The summed E-state index contributed by atoms with van der Waals surface area (Å²) in [6, 6.07) is 9.29. The van der Waals surface area contributed by atoms with E-state index in [-0.39, 0.29) is 5.91 Å². The van der Waals surface area contributed by atoms with Gasteiger partial charge in [0.2, 0.25) is 0 Å². The maximum atomic E-state index is 12.1. The van der Waals surface area contributed by atoms with E-state index in [1.807, 2.05) is 19.1 Å². The minimum Gasteiger partial charge on any atom is -0.496 e. The predicted molar refractivity (Wildman–Crippen MR) is 102 cm³/mol. The number of pyridine rings is 1. The summed E-state index contributed by atoms with van der Waals surface area (Å²) in [5.41, 5.74) is 5.93. The van der Waals surface area contributed by atoms with Gasteiger partial charge in [-0.15, -0.1) is 0 Å². The highest BCUT2D eigenvalue weighted by atomic mass is 16.5. The van der Waals surface area contributed by atoms with Crippen molar-refractivity contribution in [3.8, 4) is 5.75 Å². The van der Waals surface area contributed by atoms with Crippen molar-refractivity contribution >= 4 is 11.6 Å². The fourth-order valence-electron chi connectivity index (χ4n) is 3.01. The normalized spacial score (nSPS) is 15.4. The second-order valence-electron chi connectivity index (χ2n) is 6.44. The molecule has 1 aromatic carbocycles. The topological polar surface area (TPSA) is 77.2 Å². The molecule has 3 rings (SSSR count). The molecule has 0 atom stereocenters. The quantitative estimate of drug-likeness (QED) is 0.579. The Kier molecular flexibility index (Phi) is 6.51. The number of hydrogen-bond donors (Lipinski definition) is 2. The second-order valence-corrected chi connectivity index (χ2v) is 6.44. The highest BCUT2D eigenvalue weighted by Crippen LogP contribution is 2.19.